The monoisotopic (exact) mass is 359 g/mol. The zero-order valence-corrected chi connectivity index (χ0v) is 15.8. The second-order valence-electron chi connectivity index (χ2n) is 6.14. The molecule has 1 aromatic carbocycles. The van der Waals surface area contributed by atoms with Gasteiger partial charge in [0.05, 0.1) is 6.61 Å². The summed E-state index contributed by atoms with van der Waals surface area (Å²) in [6.07, 6.45) is 5.44. The zero-order chi connectivity index (χ0) is 17.5. The summed E-state index contributed by atoms with van der Waals surface area (Å²) in [6.45, 7) is 4.32. The molecule has 2 heterocycles. The summed E-state index contributed by atoms with van der Waals surface area (Å²) in [5.74, 6) is 2.21. The van der Waals surface area contributed by atoms with Gasteiger partial charge in [0, 0.05) is 36.8 Å². The fourth-order valence-electron chi connectivity index (χ4n) is 2.90. The van der Waals surface area contributed by atoms with Gasteiger partial charge in [-0.05, 0) is 50.6 Å². The Hall–Kier alpha value is -1.91. The van der Waals surface area contributed by atoms with Crippen LogP contribution in [0.5, 0.6) is 5.75 Å². The Balaban J connectivity index is 1.55. The van der Waals surface area contributed by atoms with Crippen LogP contribution < -0.4 is 20.7 Å². The quantitative estimate of drug-likeness (QED) is 0.558. The molecule has 0 aliphatic carbocycles. The molecule has 1 saturated heterocycles. The lowest BCUT2D eigenvalue weighted by molar-refractivity contribution is 0.265. The van der Waals surface area contributed by atoms with E-state index in [0.29, 0.717) is 5.95 Å². The van der Waals surface area contributed by atoms with Crippen LogP contribution in [0, 0.1) is 0 Å². The van der Waals surface area contributed by atoms with Crippen molar-refractivity contribution in [2.24, 2.45) is 0 Å². The van der Waals surface area contributed by atoms with Crippen LogP contribution in [0.2, 0.25) is 0 Å². The van der Waals surface area contributed by atoms with Crippen molar-refractivity contribution >= 4 is 32.0 Å². The highest BCUT2D eigenvalue weighted by Crippen LogP contribution is 2.21. The third kappa shape index (κ3) is 5.28. The topological polar surface area (TPSA) is 62.3 Å². The molecular formula is C18H26N5OP. The SMILES string of the molecule is CNc1ccnc(Nc2ccc(P)c(OCCCN3CCCC3)c2)n1. The van der Waals surface area contributed by atoms with E-state index in [1.165, 1.54) is 25.9 Å². The summed E-state index contributed by atoms with van der Waals surface area (Å²) in [4.78, 5) is 11.1. The third-order valence-electron chi connectivity index (χ3n) is 4.26. The number of hydrogen-bond acceptors (Lipinski definition) is 6. The number of rotatable bonds is 8. The lowest BCUT2D eigenvalue weighted by Crippen LogP contribution is -2.22. The van der Waals surface area contributed by atoms with Crippen LogP contribution in [-0.4, -0.2) is 48.2 Å². The van der Waals surface area contributed by atoms with E-state index in [4.69, 9.17) is 4.74 Å². The first-order valence-corrected chi connectivity index (χ1v) is 9.35. The lowest BCUT2D eigenvalue weighted by Gasteiger charge is -2.15. The van der Waals surface area contributed by atoms with Crippen LogP contribution in [0.1, 0.15) is 19.3 Å². The summed E-state index contributed by atoms with van der Waals surface area (Å²) in [5.41, 5.74) is 0.911. The molecule has 1 fully saturated rings. The van der Waals surface area contributed by atoms with E-state index in [1.54, 1.807) is 6.20 Å². The van der Waals surface area contributed by atoms with Crippen LogP contribution in [-0.2, 0) is 0 Å². The molecule has 1 aliphatic heterocycles. The first kappa shape index (κ1) is 17.9. The highest BCUT2D eigenvalue weighted by atomic mass is 31.0. The van der Waals surface area contributed by atoms with E-state index in [-0.39, 0.29) is 0 Å². The number of ether oxygens (including phenoxy) is 1. The fraction of sp³-hybridized carbons (Fsp3) is 0.444. The Morgan fingerprint density at radius 1 is 1.24 bits per heavy atom. The summed E-state index contributed by atoms with van der Waals surface area (Å²) >= 11 is 0. The molecule has 1 aliphatic rings. The van der Waals surface area contributed by atoms with E-state index >= 15 is 0 Å². The summed E-state index contributed by atoms with van der Waals surface area (Å²) in [6, 6.07) is 7.83. The predicted molar refractivity (Wildman–Crippen MR) is 106 cm³/mol. The van der Waals surface area contributed by atoms with E-state index in [0.717, 1.165) is 42.1 Å². The number of hydrogen-bond donors (Lipinski definition) is 2. The van der Waals surface area contributed by atoms with Crippen molar-refractivity contribution in [1.29, 1.82) is 0 Å². The molecule has 1 aromatic heterocycles. The molecule has 7 heteroatoms. The van der Waals surface area contributed by atoms with Crippen molar-refractivity contribution < 1.29 is 4.74 Å². The van der Waals surface area contributed by atoms with Crippen molar-refractivity contribution in [1.82, 2.24) is 14.9 Å². The number of benzene rings is 1. The molecule has 0 saturated carbocycles. The van der Waals surface area contributed by atoms with Crippen molar-refractivity contribution in [3.05, 3.63) is 30.5 Å². The van der Waals surface area contributed by atoms with Crippen LogP contribution in [0.25, 0.3) is 0 Å². The standard InChI is InChI=1S/C18H26N5OP/c1-19-17-7-8-20-18(22-17)21-14-5-6-16(25)15(13-14)24-12-4-11-23-9-2-3-10-23/h5-8,13H,2-4,9-12,25H2,1H3,(H2,19,20,21,22). The predicted octanol–water partition coefficient (Wildman–Crippen LogP) is 2.63. The second-order valence-corrected chi connectivity index (χ2v) is 6.77. The Bertz CT molecular complexity index is 691. The van der Waals surface area contributed by atoms with Gasteiger partial charge >= 0.3 is 0 Å². The van der Waals surface area contributed by atoms with Crippen LogP contribution >= 0.6 is 9.24 Å². The largest absolute Gasteiger partial charge is 0.493 e. The molecular weight excluding hydrogens is 333 g/mol. The van der Waals surface area contributed by atoms with Gasteiger partial charge in [0.15, 0.2) is 0 Å². The Morgan fingerprint density at radius 2 is 2.08 bits per heavy atom. The van der Waals surface area contributed by atoms with Crippen LogP contribution in [0.3, 0.4) is 0 Å². The summed E-state index contributed by atoms with van der Waals surface area (Å²) in [7, 11) is 4.56. The first-order valence-electron chi connectivity index (χ1n) is 8.77. The minimum absolute atomic E-state index is 0.559. The minimum atomic E-state index is 0.559. The normalized spacial score (nSPS) is 14.5. The molecule has 0 radical (unpaired) electrons. The molecule has 1 unspecified atom stereocenters. The molecule has 1 atom stereocenters. The molecule has 0 spiro atoms. The smallest absolute Gasteiger partial charge is 0.229 e. The molecule has 25 heavy (non-hydrogen) atoms. The molecule has 2 N–H and O–H groups in total. The minimum Gasteiger partial charge on any atom is -0.493 e. The number of nitrogens with zero attached hydrogens (tertiary/aromatic N) is 3. The van der Waals surface area contributed by atoms with Crippen molar-refractivity contribution in [2.75, 3.05) is 43.9 Å². The highest BCUT2D eigenvalue weighted by molar-refractivity contribution is 7.27. The molecule has 2 aromatic rings. The van der Waals surface area contributed by atoms with Gasteiger partial charge in [0.2, 0.25) is 5.95 Å². The van der Waals surface area contributed by atoms with Crippen molar-refractivity contribution in [3.63, 3.8) is 0 Å². The van der Waals surface area contributed by atoms with E-state index in [1.807, 2.05) is 31.3 Å². The van der Waals surface area contributed by atoms with E-state index in [9.17, 15) is 0 Å². The molecule has 0 bridgehead atoms. The van der Waals surface area contributed by atoms with Gasteiger partial charge < -0.3 is 20.3 Å². The summed E-state index contributed by atoms with van der Waals surface area (Å²) in [5, 5.41) is 7.28. The van der Waals surface area contributed by atoms with Gasteiger partial charge in [-0.1, -0.05) is 0 Å². The van der Waals surface area contributed by atoms with E-state index in [2.05, 4.69) is 34.7 Å². The average molecular weight is 359 g/mol. The van der Waals surface area contributed by atoms with Gasteiger partial charge in [-0.2, -0.15) is 4.98 Å². The Kier molecular flexibility index (Phi) is 6.42. The van der Waals surface area contributed by atoms with E-state index < -0.39 is 0 Å². The first-order chi connectivity index (χ1) is 12.2. The lowest BCUT2D eigenvalue weighted by atomic mass is 10.3. The van der Waals surface area contributed by atoms with Crippen LogP contribution in [0.4, 0.5) is 17.5 Å². The number of anilines is 3. The Labute approximate surface area is 151 Å². The number of nitrogens with one attached hydrogen (secondary N) is 2. The van der Waals surface area contributed by atoms with Gasteiger partial charge in [0.25, 0.3) is 0 Å². The molecule has 3 rings (SSSR count). The maximum Gasteiger partial charge on any atom is 0.229 e. The van der Waals surface area contributed by atoms with Gasteiger partial charge in [-0.3, -0.25) is 0 Å². The zero-order valence-electron chi connectivity index (χ0n) is 14.7. The van der Waals surface area contributed by atoms with Gasteiger partial charge in [0.1, 0.15) is 11.6 Å². The fourth-order valence-corrected chi connectivity index (χ4v) is 3.16. The highest BCUT2D eigenvalue weighted by Gasteiger charge is 2.10. The number of likely N-dealkylation sites (tertiary alicyclic amines) is 1. The second kappa shape index (κ2) is 8.97. The molecule has 134 valence electrons. The third-order valence-corrected chi connectivity index (χ3v) is 4.73. The maximum absolute atomic E-state index is 5.98. The van der Waals surface area contributed by atoms with Crippen molar-refractivity contribution in [2.45, 2.75) is 19.3 Å². The number of aromatic nitrogens is 2. The average Bonchev–Trinajstić information content (AvgIpc) is 3.15. The van der Waals surface area contributed by atoms with Gasteiger partial charge in [-0.25, -0.2) is 4.98 Å². The maximum atomic E-state index is 5.98. The molecule has 0 amide bonds. The molecule has 6 nitrogen and oxygen atoms in total. The van der Waals surface area contributed by atoms with Crippen molar-refractivity contribution in [3.8, 4) is 5.75 Å². The summed E-state index contributed by atoms with van der Waals surface area (Å²) < 4.78 is 5.98. The van der Waals surface area contributed by atoms with Gasteiger partial charge in [-0.15, -0.1) is 9.24 Å². The Morgan fingerprint density at radius 3 is 2.88 bits per heavy atom. The van der Waals surface area contributed by atoms with Crippen LogP contribution in [0.15, 0.2) is 30.5 Å².